The molecule has 24 heavy (non-hydrogen) atoms. The zero-order chi connectivity index (χ0) is 17.1. The molecule has 5 nitrogen and oxygen atoms in total. The molecule has 3 rings (SSSR count). The Balaban J connectivity index is 1.79. The summed E-state index contributed by atoms with van der Waals surface area (Å²) < 4.78 is 25.5. The number of benzene rings is 2. The van der Waals surface area contributed by atoms with Crippen LogP contribution < -0.4 is 14.8 Å². The molecule has 0 aliphatic heterocycles. The van der Waals surface area contributed by atoms with Crippen molar-refractivity contribution < 1.29 is 18.7 Å². The predicted octanol–water partition coefficient (Wildman–Crippen LogP) is 3.44. The maximum atomic E-state index is 13.4. The molecule has 0 aliphatic rings. The lowest BCUT2D eigenvalue weighted by molar-refractivity contribution is -0.116. The number of aromatic nitrogens is 1. The van der Waals surface area contributed by atoms with Gasteiger partial charge in [-0.25, -0.2) is 4.39 Å². The Morgan fingerprint density at radius 3 is 2.46 bits per heavy atom. The first kappa shape index (κ1) is 15.9. The molecule has 3 aromatic rings. The molecule has 0 spiro atoms. The van der Waals surface area contributed by atoms with Crippen LogP contribution in [0.5, 0.6) is 11.5 Å². The summed E-state index contributed by atoms with van der Waals surface area (Å²) in [6, 6.07) is 11.5. The fourth-order valence-corrected chi connectivity index (χ4v) is 2.53. The van der Waals surface area contributed by atoms with E-state index in [0.717, 1.165) is 5.39 Å². The summed E-state index contributed by atoms with van der Waals surface area (Å²) in [4.78, 5) is 12.3. The van der Waals surface area contributed by atoms with Gasteiger partial charge in [-0.05, 0) is 29.7 Å². The first-order valence-electron chi connectivity index (χ1n) is 7.36. The molecule has 1 heterocycles. The maximum Gasteiger partial charge on any atom is 0.244 e. The van der Waals surface area contributed by atoms with Gasteiger partial charge in [-0.2, -0.15) is 0 Å². The van der Waals surface area contributed by atoms with Gasteiger partial charge in [0.15, 0.2) is 0 Å². The Hall–Kier alpha value is -3.02. The number of halogens is 1. The molecule has 0 saturated heterocycles. The molecule has 2 aromatic carbocycles. The van der Waals surface area contributed by atoms with E-state index in [1.165, 1.54) is 12.1 Å². The summed E-state index contributed by atoms with van der Waals surface area (Å²) in [7, 11) is 3.09. The monoisotopic (exact) mass is 328 g/mol. The average Bonchev–Trinajstić information content (AvgIpc) is 2.96. The number of methoxy groups -OCH3 is 2. The lowest BCUT2D eigenvalue weighted by Crippen LogP contribution is -2.18. The molecule has 0 radical (unpaired) electrons. The second kappa shape index (κ2) is 6.62. The van der Waals surface area contributed by atoms with Crippen LogP contribution in [0.25, 0.3) is 10.9 Å². The van der Waals surface area contributed by atoms with E-state index in [2.05, 4.69) is 5.32 Å². The number of fused-ring (bicyclic) bond motifs is 1. The van der Waals surface area contributed by atoms with E-state index in [1.807, 2.05) is 6.07 Å². The molecule has 0 saturated carbocycles. The SMILES string of the molecule is COc1cc(NC(=O)Cn2ccc3ccc(F)cc32)cc(OC)c1. The highest BCUT2D eigenvalue weighted by atomic mass is 19.1. The normalized spacial score (nSPS) is 10.6. The van der Waals surface area contributed by atoms with E-state index in [-0.39, 0.29) is 18.3 Å². The highest BCUT2D eigenvalue weighted by Crippen LogP contribution is 2.26. The number of nitrogens with one attached hydrogen (secondary N) is 1. The molecule has 0 unspecified atom stereocenters. The van der Waals surface area contributed by atoms with Crippen molar-refractivity contribution in [3.63, 3.8) is 0 Å². The number of hydrogen-bond donors (Lipinski definition) is 1. The summed E-state index contributed by atoms with van der Waals surface area (Å²) >= 11 is 0. The van der Waals surface area contributed by atoms with E-state index < -0.39 is 0 Å². The van der Waals surface area contributed by atoms with E-state index in [0.29, 0.717) is 22.7 Å². The van der Waals surface area contributed by atoms with Crippen molar-refractivity contribution >= 4 is 22.5 Å². The smallest absolute Gasteiger partial charge is 0.244 e. The quantitative estimate of drug-likeness (QED) is 0.780. The molecule has 0 fully saturated rings. The summed E-state index contributed by atoms with van der Waals surface area (Å²) in [6.45, 7) is 0.0759. The van der Waals surface area contributed by atoms with Gasteiger partial charge in [0.05, 0.1) is 19.7 Å². The van der Waals surface area contributed by atoms with Crippen molar-refractivity contribution in [3.05, 3.63) is 54.5 Å². The van der Waals surface area contributed by atoms with Crippen LogP contribution in [-0.2, 0) is 11.3 Å². The Kier molecular flexibility index (Phi) is 4.37. The van der Waals surface area contributed by atoms with Gasteiger partial charge in [0.25, 0.3) is 0 Å². The lowest BCUT2D eigenvalue weighted by atomic mass is 10.2. The van der Waals surface area contributed by atoms with Gasteiger partial charge >= 0.3 is 0 Å². The zero-order valence-electron chi connectivity index (χ0n) is 13.4. The van der Waals surface area contributed by atoms with E-state index in [9.17, 15) is 9.18 Å². The van der Waals surface area contributed by atoms with E-state index >= 15 is 0 Å². The lowest BCUT2D eigenvalue weighted by Gasteiger charge is -2.11. The number of rotatable bonds is 5. The Labute approximate surface area is 138 Å². The third-order valence-corrected chi connectivity index (χ3v) is 3.69. The first-order valence-corrected chi connectivity index (χ1v) is 7.36. The van der Waals surface area contributed by atoms with Gasteiger partial charge in [0.2, 0.25) is 5.91 Å². The van der Waals surface area contributed by atoms with Crippen LogP contribution in [0.3, 0.4) is 0 Å². The highest BCUT2D eigenvalue weighted by molar-refractivity contribution is 5.92. The molecule has 1 aromatic heterocycles. The maximum absolute atomic E-state index is 13.4. The van der Waals surface area contributed by atoms with Gasteiger partial charge in [-0.15, -0.1) is 0 Å². The van der Waals surface area contributed by atoms with E-state index in [1.54, 1.807) is 49.2 Å². The van der Waals surface area contributed by atoms with Crippen molar-refractivity contribution in [1.82, 2.24) is 4.57 Å². The Morgan fingerprint density at radius 2 is 1.79 bits per heavy atom. The van der Waals surface area contributed by atoms with Crippen molar-refractivity contribution in [1.29, 1.82) is 0 Å². The highest BCUT2D eigenvalue weighted by Gasteiger charge is 2.09. The van der Waals surface area contributed by atoms with Crippen LogP contribution in [0.15, 0.2) is 48.7 Å². The van der Waals surface area contributed by atoms with Crippen LogP contribution in [0.4, 0.5) is 10.1 Å². The number of anilines is 1. The van der Waals surface area contributed by atoms with Gasteiger partial charge in [0.1, 0.15) is 23.9 Å². The largest absolute Gasteiger partial charge is 0.497 e. The average molecular weight is 328 g/mol. The molecule has 0 bridgehead atoms. The number of ether oxygens (including phenoxy) is 2. The standard InChI is InChI=1S/C18H17FN2O3/c1-23-15-8-14(9-16(10-15)24-2)20-18(22)11-21-6-5-12-3-4-13(19)7-17(12)21/h3-10H,11H2,1-2H3,(H,20,22). The third kappa shape index (κ3) is 3.32. The summed E-state index contributed by atoms with van der Waals surface area (Å²) in [5, 5.41) is 3.68. The topological polar surface area (TPSA) is 52.5 Å². The van der Waals surface area contributed by atoms with Gasteiger partial charge in [-0.1, -0.05) is 0 Å². The fourth-order valence-electron chi connectivity index (χ4n) is 2.53. The van der Waals surface area contributed by atoms with Crippen LogP contribution >= 0.6 is 0 Å². The minimum Gasteiger partial charge on any atom is -0.497 e. The molecular formula is C18H17FN2O3. The van der Waals surface area contributed by atoms with Crippen LogP contribution in [0, 0.1) is 5.82 Å². The minimum atomic E-state index is -0.333. The number of amides is 1. The third-order valence-electron chi connectivity index (χ3n) is 3.69. The minimum absolute atomic E-state index is 0.0759. The van der Waals surface area contributed by atoms with Gasteiger partial charge in [-0.3, -0.25) is 4.79 Å². The second-order valence-corrected chi connectivity index (χ2v) is 5.30. The number of nitrogens with zero attached hydrogens (tertiary/aromatic N) is 1. The molecule has 6 heteroatoms. The van der Waals surface area contributed by atoms with E-state index in [4.69, 9.17) is 9.47 Å². The predicted molar refractivity (Wildman–Crippen MR) is 90.1 cm³/mol. The van der Waals surface area contributed by atoms with Crippen molar-refractivity contribution in [2.75, 3.05) is 19.5 Å². The number of hydrogen-bond acceptors (Lipinski definition) is 3. The van der Waals surface area contributed by atoms with Gasteiger partial charge < -0.3 is 19.4 Å². The first-order chi connectivity index (χ1) is 11.6. The second-order valence-electron chi connectivity index (χ2n) is 5.30. The van der Waals surface area contributed by atoms with Crippen LogP contribution in [0.2, 0.25) is 0 Å². The molecule has 0 atom stereocenters. The van der Waals surface area contributed by atoms with Crippen molar-refractivity contribution in [2.45, 2.75) is 6.54 Å². The summed E-state index contributed by atoms with van der Waals surface area (Å²) in [5.41, 5.74) is 1.24. The fraction of sp³-hybridized carbons (Fsp3) is 0.167. The van der Waals surface area contributed by atoms with Crippen LogP contribution in [-0.4, -0.2) is 24.7 Å². The molecule has 1 N–H and O–H groups in total. The van der Waals surface area contributed by atoms with Crippen LogP contribution in [0.1, 0.15) is 0 Å². The molecule has 0 aliphatic carbocycles. The molecule has 1 amide bonds. The molecule has 124 valence electrons. The molecular weight excluding hydrogens is 311 g/mol. The van der Waals surface area contributed by atoms with Crippen molar-refractivity contribution in [3.8, 4) is 11.5 Å². The number of carbonyl (C=O) groups is 1. The Morgan fingerprint density at radius 1 is 1.08 bits per heavy atom. The van der Waals surface area contributed by atoms with Crippen molar-refractivity contribution in [2.24, 2.45) is 0 Å². The summed E-state index contributed by atoms with van der Waals surface area (Å²) in [5.74, 6) is 0.601. The Bertz CT molecular complexity index is 867. The zero-order valence-corrected chi connectivity index (χ0v) is 13.4. The van der Waals surface area contributed by atoms with Gasteiger partial charge in [0, 0.05) is 30.1 Å². The summed E-state index contributed by atoms with van der Waals surface area (Å²) in [6.07, 6.45) is 1.76. The number of carbonyl (C=O) groups excluding carboxylic acids is 1.